The molecule has 6 heteroatoms. The van der Waals surface area contributed by atoms with E-state index in [9.17, 15) is 4.79 Å². The molecule has 1 amide bonds. The Kier molecular flexibility index (Phi) is 4.52. The Bertz CT molecular complexity index is 525. The minimum atomic E-state index is -0.490. The molecule has 0 radical (unpaired) electrons. The molecule has 1 aromatic heterocycles. The summed E-state index contributed by atoms with van der Waals surface area (Å²) in [6.45, 7) is 14.2. The van der Waals surface area contributed by atoms with Crippen molar-refractivity contribution in [3.05, 3.63) is 17.5 Å². The van der Waals surface area contributed by atoms with Gasteiger partial charge in [-0.25, -0.2) is 4.79 Å². The van der Waals surface area contributed by atoms with Crippen molar-refractivity contribution in [2.24, 2.45) is 0 Å². The third-order valence-corrected chi connectivity index (χ3v) is 3.65. The van der Waals surface area contributed by atoms with Crippen LogP contribution in [0.15, 0.2) is 6.20 Å². The van der Waals surface area contributed by atoms with Crippen LogP contribution in [0.3, 0.4) is 0 Å². The summed E-state index contributed by atoms with van der Waals surface area (Å²) in [5, 5.41) is 10.7. The zero-order valence-electron chi connectivity index (χ0n) is 14.5. The topological polar surface area (TPSA) is 70.2 Å². The summed E-state index contributed by atoms with van der Waals surface area (Å²) in [4.78, 5) is 14.3. The maximum Gasteiger partial charge on any atom is 0.410 e. The van der Waals surface area contributed by atoms with E-state index < -0.39 is 5.60 Å². The number of carbonyl (C=O) groups excluding carboxylic acids is 1. The molecule has 1 aliphatic heterocycles. The van der Waals surface area contributed by atoms with Gasteiger partial charge < -0.3 is 10.1 Å². The number of hydrogen-bond acceptors (Lipinski definition) is 4. The Hall–Kier alpha value is -1.56. The van der Waals surface area contributed by atoms with Crippen LogP contribution >= 0.6 is 0 Å². The van der Waals surface area contributed by atoms with Crippen LogP contribution in [0, 0.1) is 0 Å². The zero-order chi connectivity index (χ0) is 16.5. The van der Waals surface area contributed by atoms with Crippen molar-refractivity contribution in [3.8, 4) is 0 Å². The summed E-state index contributed by atoms with van der Waals surface area (Å²) >= 11 is 0. The number of aromatic nitrogens is 2. The van der Waals surface area contributed by atoms with Gasteiger partial charge in [0.2, 0.25) is 0 Å². The maximum atomic E-state index is 12.5. The van der Waals surface area contributed by atoms with Crippen LogP contribution in [-0.2, 0) is 10.2 Å². The minimum absolute atomic E-state index is 0.0527. The van der Waals surface area contributed by atoms with Gasteiger partial charge in [-0.15, -0.1) is 0 Å². The van der Waals surface area contributed by atoms with Crippen LogP contribution in [0.1, 0.15) is 58.8 Å². The number of hydrogen-bond donors (Lipinski definition) is 2. The van der Waals surface area contributed by atoms with Crippen molar-refractivity contribution >= 4 is 6.09 Å². The lowest BCUT2D eigenvalue weighted by Gasteiger charge is -2.38. The molecule has 1 aromatic rings. The molecule has 0 aliphatic carbocycles. The average molecular weight is 308 g/mol. The lowest BCUT2D eigenvalue weighted by Crippen LogP contribution is -2.50. The van der Waals surface area contributed by atoms with Crippen molar-refractivity contribution < 1.29 is 9.53 Å². The van der Waals surface area contributed by atoms with Crippen LogP contribution in [0.4, 0.5) is 4.79 Å². The van der Waals surface area contributed by atoms with Gasteiger partial charge >= 0.3 is 6.09 Å². The van der Waals surface area contributed by atoms with Crippen molar-refractivity contribution in [3.63, 3.8) is 0 Å². The molecule has 2 heterocycles. The molecule has 1 fully saturated rings. The molecule has 0 bridgehead atoms. The number of rotatable bonds is 1. The molecule has 0 spiro atoms. The van der Waals surface area contributed by atoms with E-state index in [1.807, 2.05) is 31.9 Å². The highest BCUT2D eigenvalue weighted by atomic mass is 16.6. The van der Waals surface area contributed by atoms with E-state index in [1.54, 1.807) is 0 Å². The first-order valence-electron chi connectivity index (χ1n) is 7.83. The third-order valence-electron chi connectivity index (χ3n) is 3.65. The van der Waals surface area contributed by atoms with Gasteiger partial charge in [-0.3, -0.25) is 10.00 Å². The Morgan fingerprint density at radius 1 is 1.32 bits per heavy atom. The number of nitrogens with zero attached hydrogens (tertiary/aromatic N) is 2. The molecule has 1 saturated heterocycles. The highest BCUT2D eigenvalue weighted by Gasteiger charge is 2.35. The maximum absolute atomic E-state index is 12.5. The second-order valence-corrected chi connectivity index (χ2v) is 7.84. The van der Waals surface area contributed by atoms with Crippen molar-refractivity contribution in [2.45, 2.75) is 58.6 Å². The van der Waals surface area contributed by atoms with Gasteiger partial charge in [0.05, 0.1) is 12.2 Å². The highest BCUT2D eigenvalue weighted by Crippen LogP contribution is 2.32. The molecule has 0 aromatic carbocycles. The summed E-state index contributed by atoms with van der Waals surface area (Å²) in [7, 11) is 0. The number of aromatic amines is 1. The second kappa shape index (κ2) is 5.91. The monoisotopic (exact) mass is 308 g/mol. The molecule has 2 rings (SSSR count). The summed E-state index contributed by atoms with van der Waals surface area (Å²) in [5.41, 5.74) is 1.58. The standard InChI is InChI=1S/C16H28N4O2/c1-15(2,3)13-11(9-18-19-13)12-10-17-7-8-20(12)14(21)22-16(4,5)6/h9,12,17H,7-8,10H2,1-6H3,(H,18,19). The Labute approximate surface area is 132 Å². The first-order valence-corrected chi connectivity index (χ1v) is 7.83. The number of amides is 1. The van der Waals surface area contributed by atoms with E-state index >= 15 is 0 Å². The van der Waals surface area contributed by atoms with E-state index in [1.165, 1.54) is 0 Å². The highest BCUT2D eigenvalue weighted by molar-refractivity contribution is 5.69. The molecule has 0 saturated carbocycles. The van der Waals surface area contributed by atoms with E-state index in [2.05, 4.69) is 36.3 Å². The molecule has 124 valence electrons. The van der Waals surface area contributed by atoms with Crippen LogP contribution in [0.2, 0.25) is 0 Å². The SMILES string of the molecule is CC(C)(C)OC(=O)N1CCNCC1c1cn[nH]c1C(C)(C)C. The number of carbonyl (C=O) groups is 1. The van der Waals surface area contributed by atoms with Crippen molar-refractivity contribution in [1.82, 2.24) is 20.4 Å². The molecule has 2 N–H and O–H groups in total. The fraction of sp³-hybridized carbons (Fsp3) is 0.750. The summed E-state index contributed by atoms with van der Waals surface area (Å²) in [6, 6.07) is -0.0587. The largest absolute Gasteiger partial charge is 0.444 e. The van der Waals surface area contributed by atoms with Gasteiger partial charge in [0.15, 0.2) is 0 Å². The van der Waals surface area contributed by atoms with Crippen LogP contribution in [0.25, 0.3) is 0 Å². The van der Waals surface area contributed by atoms with E-state index in [-0.39, 0.29) is 17.6 Å². The van der Waals surface area contributed by atoms with Crippen molar-refractivity contribution in [2.75, 3.05) is 19.6 Å². The van der Waals surface area contributed by atoms with Crippen molar-refractivity contribution in [1.29, 1.82) is 0 Å². The second-order valence-electron chi connectivity index (χ2n) is 7.84. The normalized spacial score (nSPS) is 20.1. The van der Waals surface area contributed by atoms with Gasteiger partial charge in [0, 0.05) is 36.3 Å². The lowest BCUT2D eigenvalue weighted by molar-refractivity contribution is 0.0116. The van der Waals surface area contributed by atoms with Crippen LogP contribution in [-0.4, -0.2) is 46.4 Å². The smallest absolute Gasteiger partial charge is 0.410 e. The summed E-state index contributed by atoms with van der Waals surface area (Å²) in [6.07, 6.45) is 1.57. The predicted molar refractivity (Wildman–Crippen MR) is 85.8 cm³/mol. The Balaban J connectivity index is 2.28. The number of ether oxygens (including phenoxy) is 1. The van der Waals surface area contributed by atoms with E-state index in [4.69, 9.17) is 4.74 Å². The van der Waals surface area contributed by atoms with Gasteiger partial charge in [0.25, 0.3) is 0 Å². The van der Waals surface area contributed by atoms with Gasteiger partial charge in [-0.05, 0) is 20.8 Å². The van der Waals surface area contributed by atoms with Gasteiger partial charge in [-0.2, -0.15) is 5.10 Å². The number of H-pyrrole nitrogens is 1. The minimum Gasteiger partial charge on any atom is -0.444 e. The summed E-state index contributed by atoms with van der Waals surface area (Å²) in [5.74, 6) is 0. The first kappa shape index (κ1) is 16.8. The predicted octanol–water partition coefficient (Wildman–Crippen LogP) is 2.59. The van der Waals surface area contributed by atoms with Gasteiger partial charge in [0.1, 0.15) is 5.60 Å². The molecular formula is C16H28N4O2. The molecular weight excluding hydrogens is 280 g/mol. The number of nitrogens with one attached hydrogen (secondary N) is 2. The Morgan fingerprint density at radius 2 is 2.00 bits per heavy atom. The molecule has 1 unspecified atom stereocenters. The average Bonchev–Trinajstić information content (AvgIpc) is 2.85. The molecule has 1 atom stereocenters. The summed E-state index contributed by atoms with van der Waals surface area (Å²) < 4.78 is 5.56. The first-order chi connectivity index (χ1) is 10.1. The van der Waals surface area contributed by atoms with Crippen LogP contribution in [0.5, 0.6) is 0 Å². The van der Waals surface area contributed by atoms with Gasteiger partial charge in [-0.1, -0.05) is 20.8 Å². The Morgan fingerprint density at radius 3 is 2.59 bits per heavy atom. The molecule has 1 aliphatic rings. The third kappa shape index (κ3) is 3.80. The van der Waals surface area contributed by atoms with Crippen LogP contribution < -0.4 is 5.32 Å². The number of piperazine rings is 1. The zero-order valence-corrected chi connectivity index (χ0v) is 14.5. The fourth-order valence-corrected chi connectivity index (χ4v) is 2.67. The molecule has 6 nitrogen and oxygen atoms in total. The van der Waals surface area contributed by atoms with E-state index in [0.29, 0.717) is 13.1 Å². The van der Waals surface area contributed by atoms with E-state index in [0.717, 1.165) is 17.8 Å². The fourth-order valence-electron chi connectivity index (χ4n) is 2.67. The molecule has 22 heavy (non-hydrogen) atoms. The lowest BCUT2D eigenvalue weighted by atomic mass is 9.87. The quantitative estimate of drug-likeness (QED) is 0.836.